The van der Waals surface area contributed by atoms with E-state index in [1.807, 2.05) is 0 Å². The van der Waals surface area contributed by atoms with Gasteiger partial charge in [-0.05, 0) is 30.6 Å². The Bertz CT molecular complexity index is 485. The van der Waals surface area contributed by atoms with E-state index in [2.05, 4.69) is 27.7 Å². The summed E-state index contributed by atoms with van der Waals surface area (Å²) in [6.07, 6.45) is 7.59. The average Bonchev–Trinajstić information content (AvgIpc) is 2.59. The van der Waals surface area contributed by atoms with Gasteiger partial charge in [0.2, 0.25) is 5.91 Å². The van der Waals surface area contributed by atoms with Crippen LogP contribution in [0.15, 0.2) is 0 Å². The maximum Gasteiger partial charge on any atom is 0.360 e. The van der Waals surface area contributed by atoms with Crippen molar-refractivity contribution in [3.63, 3.8) is 0 Å². The Morgan fingerprint density at radius 3 is 1.86 bits per heavy atom. The third kappa shape index (κ3) is 11.8. The second-order valence-electron chi connectivity index (χ2n) is 8.93. The van der Waals surface area contributed by atoms with E-state index in [1.165, 1.54) is 25.7 Å². The van der Waals surface area contributed by atoms with Gasteiger partial charge in [-0.3, -0.25) is 9.59 Å². The van der Waals surface area contributed by atoms with Crippen LogP contribution in [0.2, 0.25) is 0 Å². The molecule has 7 heteroatoms. The highest BCUT2D eigenvalue weighted by molar-refractivity contribution is 7.25. The predicted octanol–water partition coefficient (Wildman–Crippen LogP) is 4.71. The second-order valence-corrected chi connectivity index (χ2v) is 10.00. The Balaban J connectivity index is 4.39. The number of amides is 1. The minimum Gasteiger partial charge on any atom is -0.481 e. The summed E-state index contributed by atoms with van der Waals surface area (Å²) in [7, 11) is -1.15. The third-order valence-corrected chi connectivity index (χ3v) is 6.57. The van der Waals surface area contributed by atoms with Gasteiger partial charge in [-0.1, -0.05) is 70.8 Å². The number of rotatable bonds is 17. The molecule has 164 valence electrons. The van der Waals surface area contributed by atoms with E-state index in [0.717, 1.165) is 18.8 Å². The Kier molecular flexibility index (Phi) is 13.6. The fourth-order valence-electron chi connectivity index (χ4n) is 3.59. The number of carbonyl (C=O) groups excluding carboxylic acids is 1. The summed E-state index contributed by atoms with van der Waals surface area (Å²) in [5, 5.41) is 18.2. The summed E-state index contributed by atoms with van der Waals surface area (Å²) in [6.45, 7) is 8.87. The first kappa shape index (κ1) is 27.0. The first-order chi connectivity index (χ1) is 13.0. The molecule has 0 fully saturated rings. The summed E-state index contributed by atoms with van der Waals surface area (Å²) >= 11 is 0. The molecule has 0 aromatic heterocycles. The predicted molar refractivity (Wildman–Crippen MR) is 114 cm³/mol. The van der Waals surface area contributed by atoms with Crippen molar-refractivity contribution in [2.45, 2.75) is 97.2 Å². The summed E-state index contributed by atoms with van der Waals surface area (Å²) in [4.78, 5) is 22.4. The van der Waals surface area contributed by atoms with E-state index in [0.29, 0.717) is 18.3 Å². The largest absolute Gasteiger partial charge is 0.481 e. The van der Waals surface area contributed by atoms with E-state index in [1.54, 1.807) is 0 Å². The van der Waals surface area contributed by atoms with Crippen molar-refractivity contribution in [2.75, 3.05) is 0 Å². The molecule has 5 atom stereocenters. The molecule has 5 unspecified atom stereocenters. The quantitative estimate of drug-likeness (QED) is 0.296. The molecule has 0 saturated heterocycles. The number of aliphatic carboxylic acids is 1. The van der Waals surface area contributed by atoms with Gasteiger partial charge in [-0.15, -0.1) is 0 Å². The minimum atomic E-state index is -1.81. The summed E-state index contributed by atoms with van der Waals surface area (Å²) < 4.78 is 11.6. The van der Waals surface area contributed by atoms with Crippen LogP contribution >= 0.6 is 8.46 Å². The summed E-state index contributed by atoms with van der Waals surface area (Å²) in [5.41, 5.74) is 5.08. The van der Waals surface area contributed by atoms with Crippen LogP contribution in [-0.2, 0) is 14.2 Å². The lowest BCUT2D eigenvalue weighted by Gasteiger charge is -2.23. The molecule has 0 radical (unpaired) electrons. The zero-order valence-electron chi connectivity index (χ0n) is 18.1. The number of primary amides is 1. The smallest absolute Gasteiger partial charge is 0.360 e. The van der Waals surface area contributed by atoms with Gasteiger partial charge in [0.25, 0.3) is 5.34 Å². The molecule has 0 aliphatic heterocycles. The van der Waals surface area contributed by atoms with Crippen LogP contribution < -0.4 is 5.73 Å². The van der Waals surface area contributed by atoms with Crippen LogP contribution in [0.25, 0.3) is 0 Å². The molecule has 0 heterocycles. The molecule has 0 aromatic rings. The molecule has 0 saturated carbocycles. The highest BCUT2D eigenvalue weighted by atomic mass is 31.1. The number of hydrogen-bond acceptors (Lipinski definition) is 4. The SMILES string of the molecule is CC(C)CCCC(C)CCCC(C)CCC(O)([PH+]=O)C(CCC(N)=O)C(=O)O. The number of aliphatic hydroxyl groups is 1. The molecule has 28 heavy (non-hydrogen) atoms. The van der Waals surface area contributed by atoms with Crippen LogP contribution in [0, 0.1) is 23.7 Å². The number of carbonyl (C=O) groups is 2. The monoisotopic (exact) mass is 418 g/mol. The van der Waals surface area contributed by atoms with Gasteiger partial charge in [0.1, 0.15) is 5.92 Å². The minimum absolute atomic E-state index is 0.0985. The fourth-order valence-corrected chi connectivity index (χ4v) is 4.25. The molecular formula is C21H41NO5P+. The third-order valence-electron chi connectivity index (χ3n) is 5.62. The highest BCUT2D eigenvalue weighted by Crippen LogP contribution is 2.38. The summed E-state index contributed by atoms with van der Waals surface area (Å²) in [5.74, 6) is -1.34. The van der Waals surface area contributed by atoms with Crippen LogP contribution in [-0.4, -0.2) is 27.4 Å². The van der Waals surface area contributed by atoms with Gasteiger partial charge in [0.05, 0.1) is 0 Å². The molecule has 0 spiro atoms. The van der Waals surface area contributed by atoms with Crippen molar-refractivity contribution in [3.05, 3.63) is 0 Å². The number of carboxylic acids is 1. The van der Waals surface area contributed by atoms with Crippen molar-refractivity contribution in [1.82, 2.24) is 0 Å². The molecule has 0 rings (SSSR count). The van der Waals surface area contributed by atoms with Crippen LogP contribution in [0.5, 0.6) is 0 Å². The van der Waals surface area contributed by atoms with Gasteiger partial charge >= 0.3 is 14.4 Å². The fraction of sp³-hybridized carbons (Fsp3) is 0.905. The van der Waals surface area contributed by atoms with Crippen LogP contribution in [0.4, 0.5) is 0 Å². The number of nitrogens with two attached hydrogens (primary N) is 1. The van der Waals surface area contributed by atoms with Gasteiger partial charge in [-0.2, -0.15) is 0 Å². The van der Waals surface area contributed by atoms with E-state index in [-0.39, 0.29) is 19.3 Å². The molecular weight excluding hydrogens is 377 g/mol. The lowest BCUT2D eigenvalue weighted by Crippen LogP contribution is -2.38. The maximum absolute atomic E-state index is 11.6. The van der Waals surface area contributed by atoms with Gasteiger partial charge < -0.3 is 15.9 Å². The number of carboxylic acid groups (broad SMARTS) is 1. The lowest BCUT2D eigenvalue weighted by atomic mass is 9.88. The first-order valence-corrected chi connectivity index (χ1v) is 11.5. The Morgan fingerprint density at radius 2 is 1.43 bits per heavy atom. The van der Waals surface area contributed by atoms with E-state index >= 15 is 0 Å². The normalized spacial score (nSPS) is 17.2. The zero-order chi connectivity index (χ0) is 21.7. The molecule has 0 bridgehead atoms. The van der Waals surface area contributed by atoms with Crippen molar-refractivity contribution < 1.29 is 24.4 Å². The molecule has 0 aromatic carbocycles. The van der Waals surface area contributed by atoms with E-state index in [4.69, 9.17) is 5.73 Å². The van der Waals surface area contributed by atoms with Crippen molar-refractivity contribution in [1.29, 1.82) is 0 Å². The second kappa shape index (κ2) is 14.1. The Labute approximate surface area is 171 Å². The van der Waals surface area contributed by atoms with Gasteiger partial charge in [0.15, 0.2) is 0 Å². The van der Waals surface area contributed by atoms with Crippen molar-refractivity contribution >= 4 is 20.3 Å². The Morgan fingerprint density at radius 1 is 0.929 bits per heavy atom. The van der Waals surface area contributed by atoms with Crippen LogP contribution in [0.1, 0.15) is 91.9 Å². The van der Waals surface area contributed by atoms with Crippen LogP contribution in [0.3, 0.4) is 0 Å². The Hall–Kier alpha value is -1.00. The van der Waals surface area contributed by atoms with Gasteiger partial charge in [0, 0.05) is 12.8 Å². The van der Waals surface area contributed by atoms with E-state index < -0.39 is 31.6 Å². The molecule has 0 aliphatic carbocycles. The molecule has 1 amide bonds. The molecule has 4 N–H and O–H groups in total. The molecule has 0 aliphatic rings. The first-order valence-electron chi connectivity index (χ1n) is 10.6. The van der Waals surface area contributed by atoms with Gasteiger partial charge in [-0.25, -0.2) is 0 Å². The molecule has 6 nitrogen and oxygen atoms in total. The zero-order valence-corrected chi connectivity index (χ0v) is 19.1. The van der Waals surface area contributed by atoms with Crippen molar-refractivity contribution in [3.8, 4) is 0 Å². The highest BCUT2D eigenvalue weighted by Gasteiger charge is 2.49. The maximum atomic E-state index is 11.6. The average molecular weight is 419 g/mol. The topological polar surface area (TPSA) is 118 Å². The number of hydrogen-bond donors (Lipinski definition) is 3. The van der Waals surface area contributed by atoms with Crippen molar-refractivity contribution in [2.24, 2.45) is 29.4 Å². The lowest BCUT2D eigenvalue weighted by molar-refractivity contribution is -0.148. The summed E-state index contributed by atoms with van der Waals surface area (Å²) in [6, 6.07) is 0. The van der Waals surface area contributed by atoms with E-state index in [9.17, 15) is 24.4 Å². The standard InChI is InChI=1S/C21H40NO5P/c1-15(2)7-5-8-16(3)9-6-10-17(4)13-14-21(26,28-27)18(20(24)25)11-12-19(22)23/h15-18,26H,5-14H2,1-4H3,(H2,22,23)(H,24,25)/p+1.